The molecule has 0 spiro atoms. The van der Waals surface area contributed by atoms with Gasteiger partial charge in [-0.2, -0.15) is 0 Å². The number of fused-ring (bicyclic) bond motifs is 1. The molecule has 1 aliphatic carbocycles. The van der Waals surface area contributed by atoms with Gasteiger partial charge in [0.25, 0.3) is 5.91 Å². The number of nitrogens with zero attached hydrogens (tertiary/aromatic N) is 1. The zero-order valence-corrected chi connectivity index (χ0v) is 16.0. The van der Waals surface area contributed by atoms with E-state index in [1.807, 2.05) is 42.5 Å². The first-order valence-electron chi connectivity index (χ1n) is 9.91. The maximum absolute atomic E-state index is 13.2. The predicted octanol–water partition coefficient (Wildman–Crippen LogP) is 3.06. The van der Waals surface area contributed by atoms with Gasteiger partial charge >= 0.3 is 6.03 Å². The van der Waals surface area contributed by atoms with Gasteiger partial charge in [0.1, 0.15) is 12.1 Å². The summed E-state index contributed by atoms with van der Waals surface area (Å²) in [6, 6.07) is 13.1. The molecule has 1 saturated heterocycles. The molecule has 2 aromatic rings. The van der Waals surface area contributed by atoms with Crippen molar-refractivity contribution in [2.45, 2.75) is 50.6 Å². The van der Waals surface area contributed by atoms with Crippen molar-refractivity contribution in [2.75, 3.05) is 6.54 Å². The molecule has 146 valence electrons. The Morgan fingerprint density at radius 2 is 1.82 bits per heavy atom. The van der Waals surface area contributed by atoms with Crippen LogP contribution in [0.1, 0.15) is 44.6 Å². The van der Waals surface area contributed by atoms with Gasteiger partial charge in [-0.25, -0.2) is 4.79 Å². The Labute approximate surface area is 164 Å². The van der Waals surface area contributed by atoms with Crippen molar-refractivity contribution in [3.05, 3.63) is 48.0 Å². The smallest absolute Gasteiger partial charge is 0.325 e. The summed E-state index contributed by atoms with van der Waals surface area (Å²) >= 11 is 0. The Kier molecular flexibility index (Phi) is 4.79. The Morgan fingerprint density at radius 1 is 1.11 bits per heavy atom. The maximum Gasteiger partial charge on any atom is 0.325 e. The molecule has 1 atom stereocenters. The topological polar surface area (TPSA) is 78.5 Å². The van der Waals surface area contributed by atoms with Crippen LogP contribution in [-0.4, -0.2) is 35.3 Å². The summed E-state index contributed by atoms with van der Waals surface area (Å²) < 4.78 is 0. The molecule has 0 bridgehead atoms. The second-order valence-electron chi connectivity index (χ2n) is 7.88. The number of imide groups is 1. The highest BCUT2D eigenvalue weighted by Gasteiger charge is 2.50. The third-order valence-electron chi connectivity index (χ3n) is 5.88. The van der Waals surface area contributed by atoms with Crippen molar-refractivity contribution in [1.29, 1.82) is 0 Å². The van der Waals surface area contributed by atoms with E-state index in [1.54, 1.807) is 6.92 Å². The van der Waals surface area contributed by atoms with Gasteiger partial charge in [-0.1, -0.05) is 61.7 Å². The lowest BCUT2D eigenvalue weighted by Gasteiger charge is -2.25. The van der Waals surface area contributed by atoms with Crippen LogP contribution >= 0.6 is 0 Å². The van der Waals surface area contributed by atoms with Crippen molar-refractivity contribution in [3.8, 4) is 0 Å². The van der Waals surface area contributed by atoms with Crippen molar-refractivity contribution in [3.63, 3.8) is 0 Å². The fraction of sp³-hybridized carbons (Fsp3) is 0.409. The molecule has 1 saturated carbocycles. The minimum Gasteiger partial charge on any atom is -0.352 e. The number of urea groups is 1. The van der Waals surface area contributed by atoms with Gasteiger partial charge in [-0.05, 0) is 36.1 Å². The SMILES string of the molecule is C[C@]1(c2cccc3ccccc23)NC(=O)N(CC(=O)NC2CCCCC2)C1=O. The molecule has 6 heteroatoms. The molecule has 0 radical (unpaired) electrons. The molecule has 4 rings (SSSR count). The fourth-order valence-electron chi connectivity index (χ4n) is 4.35. The lowest BCUT2D eigenvalue weighted by molar-refractivity contribution is -0.135. The van der Waals surface area contributed by atoms with Crippen LogP contribution in [0.5, 0.6) is 0 Å². The molecule has 2 N–H and O–H groups in total. The van der Waals surface area contributed by atoms with Gasteiger partial charge in [0.15, 0.2) is 0 Å². The lowest BCUT2D eigenvalue weighted by Crippen LogP contribution is -2.46. The summed E-state index contributed by atoms with van der Waals surface area (Å²) in [5, 5.41) is 7.68. The number of rotatable bonds is 4. The summed E-state index contributed by atoms with van der Waals surface area (Å²) in [4.78, 5) is 39.2. The van der Waals surface area contributed by atoms with E-state index in [0.29, 0.717) is 0 Å². The number of nitrogens with one attached hydrogen (secondary N) is 2. The van der Waals surface area contributed by atoms with Crippen LogP contribution in [0.4, 0.5) is 4.79 Å². The third-order valence-corrected chi connectivity index (χ3v) is 5.88. The van der Waals surface area contributed by atoms with Crippen LogP contribution in [-0.2, 0) is 15.1 Å². The Hall–Kier alpha value is -2.89. The number of amides is 4. The van der Waals surface area contributed by atoms with E-state index >= 15 is 0 Å². The highest BCUT2D eigenvalue weighted by atomic mass is 16.2. The number of benzene rings is 2. The number of hydrogen-bond donors (Lipinski definition) is 2. The largest absolute Gasteiger partial charge is 0.352 e. The summed E-state index contributed by atoms with van der Waals surface area (Å²) in [6.07, 6.45) is 5.32. The molecule has 2 aliphatic rings. The second kappa shape index (κ2) is 7.26. The van der Waals surface area contributed by atoms with Crippen molar-refractivity contribution in [2.24, 2.45) is 0 Å². The number of carbonyl (C=O) groups is 3. The Balaban J connectivity index is 1.55. The molecule has 1 heterocycles. The Bertz CT molecular complexity index is 930. The van der Waals surface area contributed by atoms with E-state index in [2.05, 4.69) is 10.6 Å². The summed E-state index contributed by atoms with van der Waals surface area (Å²) in [5.74, 6) is -0.676. The first-order chi connectivity index (χ1) is 13.5. The normalized spacial score (nSPS) is 23.1. The zero-order valence-electron chi connectivity index (χ0n) is 16.0. The van der Waals surface area contributed by atoms with Crippen LogP contribution < -0.4 is 10.6 Å². The maximum atomic E-state index is 13.2. The van der Waals surface area contributed by atoms with Gasteiger partial charge in [0.05, 0.1) is 0 Å². The molecule has 2 fully saturated rings. The molecule has 2 aromatic carbocycles. The van der Waals surface area contributed by atoms with Crippen LogP contribution in [0, 0.1) is 0 Å². The van der Waals surface area contributed by atoms with Gasteiger partial charge in [0, 0.05) is 6.04 Å². The van der Waals surface area contributed by atoms with Crippen LogP contribution in [0.15, 0.2) is 42.5 Å². The first kappa shape index (κ1) is 18.5. The van der Waals surface area contributed by atoms with Crippen molar-refractivity contribution < 1.29 is 14.4 Å². The quantitative estimate of drug-likeness (QED) is 0.802. The van der Waals surface area contributed by atoms with E-state index in [0.717, 1.165) is 46.9 Å². The predicted molar refractivity (Wildman–Crippen MR) is 107 cm³/mol. The van der Waals surface area contributed by atoms with Crippen molar-refractivity contribution in [1.82, 2.24) is 15.5 Å². The molecular weight excluding hydrogens is 354 g/mol. The number of carbonyl (C=O) groups excluding carboxylic acids is 3. The van der Waals surface area contributed by atoms with Crippen LogP contribution in [0.25, 0.3) is 10.8 Å². The molecule has 1 aliphatic heterocycles. The zero-order chi connectivity index (χ0) is 19.7. The monoisotopic (exact) mass is 379 g/mol. The van der Waals surface area contributed by atoms with Gasteiger partial charge in [-0.3, -0.25) is 14.5 Å². The van der Waals surface area contributed by atoms with Gasteiger partial charge in [-0.15, -0.1) is 0 Å². The van der Waals surface area contributed by atoms with Gasteiger partial charge < -0.3 is 10.6 Å². The van der Waals surface area contributed by atoms with E-state index in [9.17, 15) is 14.4 Å². The van der Waals surface area contributed by atoms with E-state index in [4.69, 9.17) is 0 Å². The molecule has 4 amide bonds. The summed E-state index contributed by atoms with van der Waals surface area (Å²) in [7, 11) is 0. The molecular formula is C22H25N3O3. The highest BCUT2D eigenvalue weighted by Crippen LogP contribution is 2.33. The lowest BCUT2D eigenvalue weighted by atomic mass is 9.88. The highest BCUT2D eigenvalue weighted by molar-refractivity contribution is 6.10. The minimum atomic E-state index is -1.19. The third kappa shape index (κ3) is 3.23. The van der Waals surface area contributed by atoms with Gasteiger partial charge in [0.2, 0.25) is 5.91 Å². The van der Waals surface area contributed by atoms with Crippen LogP contribution in [0.3, 0.4) is 0 Å². The molecule has 0 unspecified atom stereocenters. The van der Waals surface area contributed by atoms with E-state index < -0.39 is 17.5 Å². The second-order valence-corrected chi connectivity index (χ2v) is 7.88. The molecule has 6 nitrogen and oxygen atoms in total. The minimum absolute atomic E-state index is 0.145. The Morgan fingerprint density at radius 3 is 2.61 bits per heavy atom. The van der Waals surface area contributed by atoms with E-state index in [1.165, 1.54) is 6.42 Å². The van der Waals surface area contributed by atoms with E-state index in [-0.39, 0.29) is 18.5 Å². The van der Waals surface area contributed by atoms with Crippen LogP contribution in [0.2, 0.25) is 0 Å². The fourth-order valence-corrected chi connectivity index (χ4v) is 4.35. The first-order valence-corrected chi connectivity index (χ1v) is 9.91. The summed E-state index contributed by atoms with van der Waals surface area (Å²) in [6.45, 7) is 1.45. The average molecular weight is 379 g/mol. The average Bonchev–Trinajstić information content (AvgIpc) is 2.92. The van der Waals surface area contributed by atoms with Crippen molar-refractivity contribution >= 4 is 28.6 Å². The molecule has 0 aromatic heterocycles. The number of hydrogen-bond acceptors (Lipinski definition) is 3. The standard InChI is InChI=1S/C22H25N3O3/c1-22(18-13-7-9-15-8-5-6-12-17(15)18)20(27)25(21(28)24-22)14-19(26)23-16-10-3-2-4-11-16/h5-9,12-13,16H,2-4,10-11,14H2,1H3,(H,23,26)(H,24,28)/t22-/m1/s1. The molecule has 28 heavy (non-hydrogen) atoms. The summed E-state index contributed by atoms with van der Waals surface area (Å²) in [5.41, 5.74) is -0.456.